The van der Waals surface area contributed by atoms with E-state index in [1.807, 2.05) is 0 Å². The monoisotopic (exact) mass is 380 g/mol. The van der Waals surface area contributed by atoms with Crippen molar-refractivity contribution in [3.05, 3.63) is 37.2 Å². The zero-order chi connectivity index (χ0) is 14.2. The van der Waals surface area contributed by atoms with Crippen molar-refractivity contribution in [3.8, 4) is 0 Å². The van der Waals surface area contributed by atoms with Gasteiger partial charge in [-0.3, -0.25) is 0 Å². The molecule has 1 heterocycles. The average molecular weight is 382 g/mol. The van der Waals surface area contributed by atoms with Crippen LogP contribution in [0.5, 0.6) is 0 Å². The van der Waals surface area contributed by atoms with Crippen LogP contribution in [0.3, 0.4) is 0 Å². The van der Waals surface area contributed by atoms with Crippen LogP contribution in [-0.2, 0) is 0 Å². The number of benzene rings is 1. The molecule has 0 unspecified atom stereocenters. The average Bonchev–Trinajstić information content (AvgIpc) is 2.65. The molecule has 1 aromatic heterocycles. The molecule has 0 aliphatic heterocycles. The first-order chi connectivity index (χ1) is 8.88. The summed E-state index contributed by atoms with van der Waals surface area (Å²) >= 11 is 16.5. The van der Waals surface area contributed by atoms with Crippen LogP contribution in [0.1, 0.15) is 15.4 Å². The van der Waals surface area contributed by atoms with Crippen molar-refractivity contribution in [2.75, 3.05) is 5.32 Å². The number of anilines is 2. The van der Waals surface area contributed by atoms with Crippen molar-refractivity contribution >= 4 is 67.3 Å². The maximum atomic E-state index is 11.0. The first kappa shape index (κ1) is 14.6. The fourth-order valence-corrected chi connectivity index (χ4v) is 3.53. The number of nitrogens with one attached hydrogen (secondary N) is 1. The zero-order valence-corrected chi connectivity index (χ0v) is 13.4. The molecule has 1 aromatic carbocycles. The van der Waals surface area contributed by atoms with Gasteiger partial charge in [0.05, 0.1) is 21.4 Å². The van der Waals surface area contributed by atoms with E-state index < -0.39 is 5.97 Å². The van der Waals surface area contributed by atoms with Crippen molar-refractivity contribution in [2.45, 2.75) is 6.92 Å². The number of hydrogen-bond donors (Lipinski definition) is 2. The van der Waals surface area contributed by atoms with Crippen molar-refractivity contribution in [2.24, 2.45) is 0 Å². The highest BCUT2D eigenvalue weighted by Gasteiger charge is 2.16. The standard InChI is InChI=1S/C11H7BrCl2N2O2S/c1-4-9(10(17)18)19-11(15-4)16-8-6(13)2-5(12)3-7(8)14/h2-3H,1H3,(H,15,16)(H,17,18). The molecule has 0 atom stereocenters. The van der Waals surface area contributed by atoms with Crippen molar-refractivity contribution in [1.82, 2.24) is 4.98 Å². The number of carboxylic acids is 1. The molecule has 0 bridgehead atoms. The summed E-state index contributed by atoms with van der Waals surface area (Å²) < 4.78 is 0.759. The van der Waals surface area contributed by atoms with Gasteiger partial charge in [-0.1, -0.05) is 50.5 Å². The van der Waals surface area contributed by atoms with E-state index in [0.29, 0.717) is 26.6 Å². The third-order valence-electron chi connectivity index (χ3n) is 2.23. The van der Waals surface area contributed by atoms with Crippen LogP contribution in [0, 0.1) is 6.92 Å². The second-order valence-electron chi connectivity index (χ2n) is 3.61. The molecule has 8 heteroatoms. The van der Waals surface area contributed by atoms with E-state index in [1.54, 1.807) is 19.1 Å². The molecule has 2 N–H and O–H groups in total. The predicted octanol–water partition coefficient (Wildman–Crippen LogP) is 4.96. The van der Waals surface area contributed by atoms with Crippen molar-refractivity contribution in [1.29, 1.82) is 0 Å². The number of halogens is 3. The molecule has 0 radical (unpaired) electrons. The highest BCUT2D eigenvalue weighted by atomic mass is 79.9. The normalized spacial score (nSPS) is 10.5. The SMILES string of the molecule is Cc1nc(Nc2c(Cl)cc(Br)cc2Cl)sc1C(=O)O. The molecule has 0 aliphatic rings. The second-order valence-corrected chi connectivity index (χ2v) is 6.34. The summed E-state index contributed by atoms with van der Waals surface area (Å²) in [6.07, 6.45) is 0. The van der Waals surface area contributed by atoms with Gasteiger partial charge in [0.2, 0.25) is 0 Å². The molecular formula is C11H7BrCl2N2O2S. The number of rotatable bonds is 3. The number of thiazole rings is 1. The number of aromatic carboxylic acids is 1. The molecule has 0 spiro atoms. The van der Waals surface area contributed by atoms with Gasteiger partial charge in [-0.2, -0.15) is 0 Å². The Bertz CT molecular complexity index is 637. The molecule has 4 nitrogen and oxygen atoms in total. The smallest absolute Gasteiger partial charge is 0.347 e. The summed E-state index contributed by atoms with van der Waals surface area (Å²) in [5, 5.41) is 13.2. The van der Waals surface area contributed by atoms with Crippen LogP contribution in [0.25, 0.3) is 0 Å². The van der Waals surface area contributed by atoms with Crippen LogP contribution in [-0.4, -0.2) is 16.1 Å². The fraction of sp³-hybridized carbons (Fsp3) is 0.0909. The van der Waals surface area contributed by atoms with Gasteiger partial charge >= 0.3 is 5.97 Å². The fourth-order valence-electron chi connectivity index (χ4n) is 1.42. The van der Waals surface area contributed by atoms with Crippen molar-refractivity contribution < 1.29 is 9.90 Å². The highest BCUT2D eigenvalue weighted by molar-refractivity contribution is 9.10. The molecule has 0 amide bonds. The Kier molecular flexibility index (Phi) is 4.35. The first-order valence-corrected chi connectivity index (χ1v) is 7.37. The number of aromatic nitrogens is 1. The predicted molar refractivity (Wildman–Crippen MR) is 81.3 cm³/mol. The van der Waals surface area contributed by atoms with Gasteiger partial charge in [0.1, 0.15) is 4.88 Å². The van der Waals surface area contributed by atoms with Crippen molar-refractivity contribution in [3.63, 3.8) is 0 Å². The van der Waals surface area contributed by atoms with Crippen LogP contribution < -0.4 is 5.32 Å². The molecule has 2 aromatic rings. The highest BCUT2D eigenvalue weighted by Crippen LogP contribution is 2.37. The van der Waals surface area contributed by atoms with E-state index in [1.165, 1.54) is 0 Å². The lowest BCUT2D eigenvalue weighted by atomic mass is 10.3. The lowest BCUT2D eigenvalue weighted by molar-refractivity contribution is 0.0701. The van der Waals surface area contributed by atoms with Gasteiger partial charge in [0, 0.05) is 4.47 Å². The van der Waals surface area contributed by atoms with Gasteiger partial charge in [-0.05, 0) is 19.1 Å². The Labute approximate surface area is 131 Å². The summed E-state index contributed by atoms with van der Waals surface area (Å²) in [6, 6.07) is 3.38. The third kappa shape index (κ3) is 3.20. The second kappa shape index (κ2) is 5.66. The summed E-state index contributed by atoms with van der Waals surface area (Å²) in [5.41, 5.74) is 0.946. The maximum Gasteiger partial charge on any atom is 0.347 e. The summed E-state index contributed by atoms with van der Waals surface area (Å²) in [6.45, 7) is 1.63. The molecule has 0 saturated heterocycles. The van der Waals surface area contributed by atoms with E-state index in [2.05, 4.69) is 26.2 Å². The van der Waals surface area contributed by atoms with E-state index in [9.17, 15) is 4.79 Å². The minimum Gasteiger partial charge on any atom is -0.477 e. The molecule has 0 fully saturated rings. The Morgan fingerprint density at radius 3 is 2.47 bits per heavy atom. The Morgan fingerprint density at radius 1 is 1.42 bits per heavy atom. The number of carbonyl (C=O) groups is 1. The third-order valence-corrected chi connectivity index (χ3v) is 4.34. The first-order valence-electron chi connectivity index (χ1n) is 5.00. The molecule has 0 aliphatic carbocycles. The zero-order valence-electron chi connectivity index (χ0n) is 9.50. The van der Waals surface area contributed by atoms with E-state index in [4.69, 9.17) is 28.3 Å². The number of aryl methyl sites for hydroxylation is 1. The Hall–Kier alpha value is -0.820. The summed E-state index contributed by atoms with van der Waals surface area (Å²) in [4.78, 5) is 15.3. The minimum atomic E-state index is -1.00. The number of nitrogens with zero attached hydrogens (tertiary/aromatic N) is 1. The van der Waals surface area contributed by atoms with Gasteiger partial charge in [0.15, 0.2) is 5.13 Å². The summed E-state index contributed by atoms with van der Waals surface area (Å²) in [7, 11) is 0. The molecule has 100 valence electrons. The van der Waals surface area contributed by atoms with Gasteiger partial charge in [0.25, 0.3) is 0 Å². The van der Waals surface area contributed by atoms with Gasteiger partial charge < -0.3 is 10.4 Å². The maximum absolute atomic E-state index is 11.0. The van der Waals surface area contributed by atoms with E-state index >= 15 is 0 Å². The number of carboxylic acid groups (broad SMARTS) is 1. The molecule has 19 heavy (non-hydrogen) atoms. The van der Waals surface area contributed by atoms with Crippen LogP contribution in [0.15, 0.2) is 16.6 Å². The number of hydrogen-bond acceptors (Lipinski definition) is 4. The van der Waals surface area contributed by atoms with E-state index in [-0.39, 0.29) is 4.88 Å². The van der Waals surface area contributed by atoms with Gasteiger partial charge in [-0.15, -0.1) is 0 Å². The van der Waals surface area contributed by atoms with Crippen LogP contribution in [0.4, 0.5) is 10.8 Å². The lowest BCUT2D eigenvalue weighted by Crippen LogP contribution is -1.94. The topological polar surface area (TPSA) is 62.2 Å². The minimum absolute atomic E-state index is 0.187. The molecular weight excluding hydrogens is 375 g/mol. The summed E-state index contributed by atoms with van der Waals surface area (Å²) in [5.74, 6) is -1.00. The molecule has 2 rings (SSSR count). The van der Waals surface area contributed by atoms with Crippen LogP contribution in [0.2, 0.25) is 10.0 Å². The Morgan fingerprint density at radius 2 is 2.00 bits per heavy atom. The van der Waals surface area contributed by atoms with Gasteiger partial charge in [-0.25, -0.2) is 9.78 Å². The van der Waals surface area contributed by atoms with Crippen LogP contribution >= 0.6 is 50.5 Å². The Balaban J connectivity index is 2.37. The largest absolute Gasteiger partial charge is 0.477 e. The lowest BCUT2D eigenvalue weighted by Gasteiger charge is -2.08. The quantitative estimate of drug-likeness (QED) is 0.788. The molecule has 0 saturated carbocycles. The van der Waals surface area contributed by atoms with E-state index in [0.717, 1.165) is 15.8 Å².